The molecule has 2 nitrogen and oxygen atoms in total. The summed E-state index contributed by atoms with van der Waals surface area (Å²) >= 11 is 0. The highest BCUT2D eigenvalue weighted by Gasteiger charge is 2.61. The van der Waals surface area contributed by atoms with Gasteiger partial charge in [0.2, 0.25) is 0 Å². The molecular formula is C15H25NO. The summed E-state index contributed by atoms with van der Waals surface area (Å²) in [4.78, 5) is 13.9. The first kappa shape index (κ1) is 11.7. The van der Waals surface area contributed by atoms with Crippen LogP contribution < -0.4 is 0 Å². The lowest BCUT2D eigenvalue weighted by atomic mass is 9.82. The number of carbonyl (C=O) groups excluding carboxylic acids is 1. The molecule has 1 spiro atoms. The molecule has 1 unspecified atom stereocenters. The second kappa shape index (κ2) is 4.08. The number of nitrogens with zero attached hydrogens (tertiary/aromatic N) is 1. The average Bonchev–Trinajstić information content (AvgIpc) is 2.89. The van der Waals surface area contributed by atoms with Crippen LogP contribution in [0.4, 0.5) is 0 Å². The molecule has 2 heteroatoms. The van der Waals surface area contributed by atoms with E-state index in [0.717, 1.165) is 18.3 Å². The van der Waals surface area contributed by atoms with Crippen molar-refractivity contribution in [1.29, 1.82) is 0 Å². The molecule has 1 aliphatic heterocycles. The number of Topliss-reactive ketones (excluding diaryl/α,β-unsaturated/α-hetero) is 1. The molecule has 3 fully saturated rings. The molecular weight excluding hydrogens is 210 g/mol. The molecule has 0 N–H and O–H groups in total. The molecule has 0 aromatic heterocycles. The summed E-state index contributed by atoms with van der Waals surface area (Å²) in [6.45, 7) is 2.94. The van der Waals surface area contributed by atoms with E-state index in [1.807, 2.05) is 0 Å². The maximum Gasteiger partial charge on any atom is 0.146 e. The zero-order valence-electron chi connectivity index (χ0n) is 11.2. The summed E-state index contributed by atoms with van der Waals surface area (Å²) in [7, 11) is 2.14. The zero-order valence-corrected chi connectivity index (χ0v) is 11.2. The molecule has 17 heavy (non-hydrogen) atoms. The number of rotatable bonds is 2. The van der Waals surface area contributed by atoms with Crippen LogP contribution in [0, 0.1) is 17.3 Å². The van der Waals surface area contributed by atoms with E-state index < -0.39 is 0 Å². The average molecular weight is 235 g/mol. The van der Waals surface area contributed by atoms with Gasteiger partial charge in [-0.15, -0.1) is 0 Å². The van der Waals surface area contributed by atoms with Gasteiger partial charge in [0.1, 0.15) is 5.78 Å². The quantitative estimate of drug-likeness (QED) is 0.733. The Kier molecular flexibility index (Phi) is 2.81. The second-order valence-corrected chi connectivity index (χ2v) is 6.82. The van der Waals surface area contributed by atoms with Crippen molar-refractivity contribution in [3.63, 3.8) is 0 Å². The molecule has 0 bridgehead atoms. The van der Waals surface area contributed by atoms with E-state index in [1.165, 1.54) is 45.1 Å². The van der Waals surface area contributed by atoms with E-state index in [9.17, 15) is 4.79 Å². The van der Waals surface area contributed by atoms with Crippen molar-refractivity contribution in [2.75, 3.05) is 13.6 Å². The Morgan fingerprint density at radius 2 is 1.88 bits per heavy atom. The van der Waals surface area contributed by atoms with Crippen LogP contribution in [0.3, 0.4) is 0 Å². The lowest BCUT2D eigenvalue weighted by molar-refractivity contribution is -0.120. The molecule has 3 aliphatic rings. The fourth-order valence-corrected chi connectivity index (χ4v) is 4.67. The van der Waals surface area contributed by atoms with Gasteiger partial charge in [0.15, 0.2) is 0 Å². The van der Waals surface area contributed by atoms with E-state index >= 15 is 0 Å². The summed E-state index contributed by atoms with van der Waals surface area (Å²) in [6, 6.07) is 0.226. The van der Waals surface area contributed by atoms with Gasteiger partial charge in [0, 0.05) is 6.54 Å². The van der Waals surface area contributed by atoms with Crippen LogP contribution in [-0.4, -0.2) is 30.3 Å². The second-order valence-electron chi connectivity index (χ2n) is 6.82. The number of ketones is 1. The summed E-state index contributed by atoms with van der Waals surface area (Å²) in [5, 5.41) is 0. The van der Waals surface area contributed by atoms with E-state index in [1.54, 1.807) is 6.92 Å². The lowest BCUT2D eigenvalue weighted by Crippen LogP contribution is -2.30. The van der Waals surface area contributed by atoms with Crippen LogP contribution in [0.25, 0.3) is 0 Å². The molecule has 3 atom stereocenters. The maximum absolute atomic E-state index is 11.6. The van der Waals surface area contributed by atoms with Crippen molar-refractivity contribution in [3.8, 4) is 0 Å². The molecule has 0 aromatic carbocycles. The maximum atomic E-state index is 11.6. The van der Waals surface area contributed by atoms with Crippen LogP contribution in [0.2, 0.25) is 0 Å². The van der Waals surface area contributed by atoms with Gasteiger partial charge >= 0.3 is 0 Å². The third-order valence-corrected chi connectivity index (χ3v) is 5.64. The van der Waals surface area contributed by atoms with Crippen molar-refractivity contribution >= 4 is 5.78 Å². The molecule has 0 aromatic rings. The first-order valence-electron chi connectivity index (χ1n) is 7.33. The Hall–Kier alpha value is -0.370. The Labute approximate surface area is 105 Å². The molecule has 96 valence electrons. The highest BCUT2D eigenvalue weighted by atomic mass is 16.1. The van der Waals surface area contributed by atoms with E-state index in [4.69, 9.17) is 0 Å². The minimum absolute atomic E-state index is 0.226. The number of hydrogen-bond donors (Lipinski definition) is 0. The van der Waals surface area contributed by atoms with Gasteiger partial charge in [-0.25, -0.2) is 0 Å². The summed E-state index contributed by atoms with van der Waals surface area (Å²) in [5.41, 5.74) is 0.549. The normalized spacial score (nSPS) is 43.2. The Balaban J connectivity index is 1.65. The summed E-state index contributed by atoms with van der Waals surface area (Å²) in [5.74, 6) is 2.32. The Bertz CT molecular complexity index is 321. The first-order chi connectivity index (χ1) is 8.12. The van der Waals surface area contributed by atoms with Gasteiger partial charge < -0.3 is 0 Å². The highest BCUT2D eigenvalue weighted by Crippen LogP contribution is 2.64. The van der Waals surface area contributed by atoms with Crippen LogP contribution in [0.15, 0.2) is 0 Å². The standard InChI is InChI=1S/C15H25NO/c1-11(17)14-9-15(10-16(14)2)8-13(15)12-6-4-3-5-7-12/h12-14H,3-10H2,1-2H3/t13?,14-,15-/m0/s1. The molecule has 0 amide bonds. The van der Waals surface area contributed by atoms with E-state index in [2.05, 4.69) is 11.9 Å². The van der Waals surface area contributed by atoms with Gasteiger partial charge in [0.25, 0.3) is 0 Å². The van der Waals surface area contributed by atoms with Gasteiger partial charge in [-0.1, -0.05) is 32.1 Å². The molecule has 1 heterocycles. The van der Waals surface area contributed by atoms with Crippen molar-refractivity contribution in [3.05, 3.63) is 0 Å². The van der Waals surface area contributed by atoms with Crippen molar-refractivity contribution in [1.82, 2.24) is 4.90 Å². The molecule has 0 radical (unpaired) electrons. The number of carbonyl (C=O) groups is 1. The van der Waals surface area contributed by atoms with Gasteiger partial charge in [-0.05, 0) is 44.1 Å². The molecule has 2 saturated carbocycles. The molecule has 1 saturated heterocycles. The SMILES string of the molecule is CC(=O)[C@@H]1C[C@@]2(CC2C2CCCCC2)CN1C. The Morgan fingerprint density at radius 1 is 1.18 bits per heavy atom. The summed E-state index contributed by atoms with van der Waals surface area (Å²) < 4.78 is 0. The highest BCUT2D eigenvalue weighted by molar-refractivity contribution is 5.82. The van der Waals surface area contributed by atoms with Gasteiger partial charge in [-0.3, -0.25) is 9.69 Å². The smallest absolute Gasteiger partial charge is 0.146 e. The van der Waals surface area contributed by atoms with Crippen LogP contribution >= 0.6 is 0 Å². The molecule has 3 rings (SSSR count). The number of likely N-dealkylation sites (N-methyl/N-ethyl adjacent to an activating group) is 1. The van der Waals surface area contributed by atoms with E-state index in [0.29, 0.717) is 11.2 Å². The fraction of sp³-hybridized carbons (Fsp3) is 0.933. The Morgan fingerprint density at radius 3 is 2.47 bits per heavy atom. The van der Waals surface area contributed by atoms with E-state index in [-0.39, 0.29) is 6.04 Å². The van der Waals surface area contributed by atoms with Crippen LogP contribution in [0.1, 0.15) is 51.9 Å². The third kappa shape index (κ3) is 1.95. The van der Waals surface area contributed by atoms with Crippen molar-refractivity contribution < 1.29 is 4.79 Å². The zero-order chi connectivity index (χ0) is 12.0. The van der Waals surface area contributed by atoms with Crippen molar-refractivity contribution in [2.24, 2.45) is 17.3 Å². The van der Waals surface area contributed by atoms with Crippen LogP contribution in [-0.2, 0) is 4.79 Å². The number of hydrogen-bond acceptors (Lipinski definition) is 2. The molecule has 2 aliphatic carbocycles. The van der Waals surface area contributed by atoms with Crippen LogP contribution in [0.5, 0.6) is 0 Å². The van der Waals surface area contributed by atoms with Gasteiger partial charge in [0.05, 0.1) is 6.04 Å². The monoisotopic (exact) mass is 235 g/mol. The van der Waals surface area contributed by atoms with Crippen molar-refractivity contribution in [2.45, 2.75) is 57.9 Å². The minimum Gasteiger partial charge on any atom is -0.298 e. The third-order valence-electron chi connectivity index (χ3n) is 5.64. The predicted octanol–water partition coefficient (Wildman–Crippen LogP) is 2.87. The predicted molar refractivity (Wildman–Crippen MR) is 68.8 cm³/mol. The largest absolute Gasteiger partial charge is 0.298 e. The number of likely N-dealkylation sites (tertiary alicyclic amines) is 1. The minimum atomic E-state index is 0.226. The lowest BCUT2D eigenvalue weighted by Gasteiger charge is -2.23. The summed E-state index contributed by atoms with van der Waals surface area (Å²) in [6.07, 6.45) is 9.83. The topological polar surface area (TPSA) is 20.3 Å². The fourth-order valence-electron chi connectivity index (χ4n) is 4.67. The van der Waals surface area contributed by atoms with Gasteiger partial charge in [-0.2, -0.15) is 0 Å². The first-order valence-corrected chi connectivity index (χ1v) is 7.33.